The Kier molecular flexibility index (Phi) is 4.65. The molecule has 0 aromatic rings. The van der Waals surface area contributed by atoms with Crippen molar-refractivity contribution in [2.45, 2.75) is 26.7 Å². The third-order valence-electron chi connectivity index (χ3n) is 6.68. The maximum Gasteiger partial charge on any atom is 0.219 e. The summed E-state index contributed by atoms with van der Waals surface area (Å²) in [6.07, 6.45) is 2.63. The zero-order valence-corrected chi connectivity index (χ0v) is 16.0. The number of carbonyl (C=O) groups is 2. The van der Waals surface area contributed by atoms with Gasteiger partial charge in [-0.15, -0.1) is 0 Å². The molecule has 2 aliphatic heterocycles. The summed E-state index contributed by atoms with van der Waals surface area (Å²) >= 11 is 0. The predicted molar refractivity (Wildman–Crippen MR) is 98.2 cm³/mol. The molecule has 0 radical (unpaired) electrons. The summed E-state index contributed by atoms with van der Waals surface area (Å²) in [5, 5.41) is 29.9. The number of likely N-dealkylation sites (tertiary alicyclic amines) is 1. The quantitative estimate of drug-likeness (QED) is 0.662. The Hall–Kier alpha value is -3.31. The molecule has 0 saturated carbocycles. The summed E-state index contributed by atoms with van der Waals surface area (Å²) in [5.74, 6) is -0.524. The van der Waals surface area contributed by atoms with Crippen LogP contribution >= 0.6 is 0 Å². The van der Waals surface area contributed by atoms with Crippen molar-refractivity contribution in [3.8, 4) is 18.2 Å². The monoisotopic (exact) mass is 378 g/mol. The summed E-state index contributed by atoms with van der Waals surface area (Å²) < 4.78 is 0. The van der Waals surface area contributed by atoms with Crippen LogP contribution in [-0.4, -0.2) is 47.8 Å². The number of nitriles is 3. The van der Waals surface area contributed by atoms with Crippen LogP contribution in [0, 0.1) is 50.7 Å². The van der Waals surface area contributed by atoms with E-state index in [9.17, 15) is 25.4 Å². The number of nitrogens with two attached hydrogens (primary N) is 1. The lowest BCUT2D eigenvalue weighted by atomic mass is 9.47. The van der Waals surface area contributed by atoms with Crippen LogP contribution in [0.4, 0.5) is 0 Å². The summed E-state index contributed by atoms with van der Waals surface area (Å²) in [4.78, 5) is 27.2. The molecule has 1 atom stereocenters. The molecular weight excluding hydrogens is 356 g/mol. The van der Waals surface area contributed by atoms with Gasteiger partial charge >= 0.3 is 0 Å². The maximum atomic E-state index is 12.0. The third kappa shape index (κ3) is 2.40. The Labute approximate surface area is 164 Å². The van der Waals surface area contributed by atoms with Crippen LogP contribution in [-0.2, 0) is 9.59 Å². The summed E-state index contributed by atoms with van der Waals surface area (Å²) in [6.45, 7) is 4.46. The Bertz CT molecular complexity index is 904. The minimum atomic E-state index is -1.68. The van der Waals surface area contributed by atoms with E-state index in [1.807, 2.05) is 6.08 Å². The van der Waals surface area contributed by atoms with Crippen LogP contribution in [0.2, 0.25) is 0 Å². The minimum Gasteiger partial charge on any atom is -0.399 e. The smallest absolute Gasteiger partial charge is 0.219 e. The Morgan fingerprint density at radius 1 is 1.11 bits per heavy atom. The van der Waals surface area contributed by atoms with Crippen LogP contribution in [0.15, 0.2) is 22.9 Å². The van der Waals surface area contributed by atoms with E-state index < -0.39 is 10.8 Å². The molecule has 0 aromatic carbocycles. The van der Waals surface area contributed by atoms with Gasteiger partial charge in [0.25, 0.3) is 0 Å². The fourth-order valence-electron chi connectivity index (χ4n) is 5.06. The summed E-state index contributed by atoms with van der Waals surface area (Å²) in [7, 11) is 0. The van der Waals surface area contributed by atoms with Gasteiger partial charge in [0.1, 0.15) is 6.07 Å². The van der Waals surface area contributed by atoms with Gasteiger partial charge in [0.15, 0.2) is 5.41 Å². The standard InChI is InChI=1S/C20H22N6O2/c1-13(27)25-7-4-19(5-8-25)17-10-26(14(2)28)6-3-15(17)16(9-21)18(24)20(19,11-22)12-23/h3,17H,4-8,10,24H2,1-2H3/t17-/m0/s1. The highest BCUT2D eigenvalue weighted by Gasteiger charge is 2.64. The Balaban J connectivity index is 2.23. The number of amides is 2. The first kappa shape index (κ1) is 19.5. The van der Waals surface area contributed by atoms with Crippen LogP contribution in [0.3, 0.4) is 0 Å². The van der Waals surface area contributed by atoms with E-state index >= 15 is 0 Å². The second kappa shape index (κ2) is 6.69. The third-order valence-corrected chi connectivity index (χ3v) is 6.68. The molecule has 2 N–H and O–H groups in total. The Morgan fingerprint density at radius 2 is 1.68 bits per heavy atom. The number of hydrogen-bond acceptors (Lipinski definition) is 6. The van der Waals surface area contributed by atoms with Gasteiger partial charge in [0.05, 0.1) is 23.4 Å². The molecule has 0 bridgehead atoms. The number of hydrogen-bond donors (Lipinski definition) is 1. The number of rotatable bonds is 0. The van der Waals surface area contributed by atoms with Gasteiger partial charge in [-0.2, -0.15) is 15.8 Å². The lowest BCUT2D eigenvalue weighted by Crippen LogP contribution is -2.61. The maximum absolute atomic E-state index is 12.0. The first-order valence-corrected chi connectivity index (χ1v) is 9.22. The highest BCUT2D eigenvalue weighted by Crippen LogP contribution is 2.61. The molecule has 144 valence electrons. The number of piperidine rings is 1. The molecule has 1 saturated heterocycles. The van der Waals surface area contributed by atoms with Crippen molar-refractivity contribution in [2.75, 3.05) is 26.2 Å². The molecule has 1 fully saturated rings. The number of nitrogens with zero attached hydrogens (tertiary/aromatic N) is 5. The predicted octanol–water partition coefficient (Wildman–Crippen LogP) is 0.803. The van der Waals surface area contributed by atoms with Crippen molar-refractivity contribution in [1.29, 1.82) is 15.8 Å². The molecule has 1 aliphatic carbocycles. The van der Waals surface area contributed by atoms with Gasteiger partial charge in [-0.25, -0.2) is 0 Å². The van der Waals surface area contributed by atoms with Gasteiger partial charge < -0.3 is 15.5 Å². The Morgan fingerprint density at radius 3 is 2.14 bits per heavy atom. The first-order chi connectivity index (χ1) is 13.3. The molecule has 8 heteroatoms. The molecule has 3 aliphatic rings. The zero-order chi connectivity index (χ0) is 20.7. The van der Waals surface area contributed by atoms with Crippen LogP contribution in [0.5, 0.6) is 0 Å². The molecule has 1 spiro atoms. The molecule has 0 aromatic heterocycles. The average Bonchev–Trinajstić information content (AvgIpc) is 2.69. The van der Waals surface area contributed by atoms with Crippen molar-refractivity contribution in [3.05, 3.63) is 22.9 Å². The van der Waals surface area contributed by atoms with Crippen molar-refractivity contribution in [1.82, 2.24) is 9.80 Å². The molecular formula is C20H22N6O2. The van der Waals surface area contributed by atoms with E-state index in [1.165, 1.54) is 13.8 Å². The van der Waals surface area contributed by atoms with E-state index in [0.717, 1.165) is 5.57 Å². The summed E-state index contributed by atoms with van der Waals surface area (Å²) in [5.41, 5.74) is 4.65. The normalized spacial score (nSPS) is 25.1. The van der Waals surface area contributed by atoms with Gasteiger partial charge in [-0.05, 0) is 18.4 Å². The fraction of sp³-hybridized carbons (Fsp3) is 0.550. The number of carbonyl (C=O) groups excluding carboxylic acids is 2. The molecule has 28 heavy (non-hydrogen) atoms. The molecule has 3 rings (SSSR count). The number of allylic oxidation sites excluding steroid dienone is 2. The average molecular weight is 378 g/mol. The van der Waals surface area contributed by atoms with Crippen molar-refractivity contribution < 1.29 is 9.59 Å². The van der Waals surface area contributed by atoms with Crippen molar-refractivity contribution >= 4 is 11.8 Å². The van der Waals surface area contributed by atoms with Gasteiger partial charge in [0, 0.05) is 51.4 Å². The van der Waals surface area contributed by atoms with Gasteiger partial charge in [0.2, 0.25) is 11.8 Å². The van der Waals surface area contributed by atoms with E-state index in [-0.39, 0.29) is 29.0 Å². The van der Waals surface area contributed by atoms with Gasteiger partial charge in [-0.3, -0.25) is 9.59 Å². The second-order valence-corrected chi connectivity index (χ2v) is 7.67. The molecule has 2 heterocycles. The highest BCUT2D eigenvalue weighted by molar-refractivity contribution is 5.75. The lowest BCUT2D eigenvalue weighted by Gasteiger charge is -2.56. The van der Waals surface area contributed by atoms with Crippen molar-refractivity contribution in [3.63, 3.8) is 0 Å². The van der Waals surface area contributed by atoms with Crippen LogP contribution in [0.1, 0.15) is 26.7 Å². The second-order valence-electron chi connectivity index (χ2n) is 7.67. The topological polar surface area (TPSA) is 138 Å². The van der Waals surface area contributed by atoms with Crippen LogP contribution in [0.25, 0.3) is 0 Å². The largest absolute Gasteiger partial charge is 0.399 e. The highest BCUT2D eigenvalue weighted by atomic mass is 16.2. The molecule has 0 unspecified atom stereocenters. The fourth-order valence-corrected chi connectivity index (χ4v) is 5.06. The molecule has 8 nitrogen and oxygen atoms in total. The molecule has 2 amide bonds. The zero-order valence-electron chi connectivity index (χ0n) is 16.0. The van der Waals surface area contributed by atoms with E-state index in [4.69, 9.17) is 5.73 Å². The van der Waals surface area contributed by atoms with E-state index in [0.29, 0.717) is 39.0 Å². The SMILES string of the molecule is CC(=O)N1CCC2(CC1)[C@H]1CN(C(C)=O)CC=C1C(C#N)=C(N)C2(C#N)C#N. The lowest BCUT2D eigenvalue weighted by molar-refractivity contribution is -0.134. The number of fused-ring (bicyclic) bond motifs is 2. The summed E-state index contributed by atoms with van der Waals surface area (Å²) in [6, 6.07) is 6.35. The van der Waals surface area contributed by atoms with E-state index in [2.05, 4.69) is 18.2 Å². The van der Waals surface area contributed by atoms with Gasteiger partial charge in [-0.1, -0.05) is 6.08 Å². The van der Waals surface area contributed by atoms with Crippen molar-refractivity contribution in [2.24, 2.45) is 22.5 Å². The van der Waals surface area contributed by atoms with E-state index in [1.54, 1.807) is 9.80 Å². The minimum absolute atomic E-state index is 0.00458. The van der Waals surface area contributed by atoms with Crippen LogP contribution < -0.4 is 5.73 Å². The first-order valence-electron chi connectivity index (χ1n) is 9.22.